The number of carbonyl (C=O) groups is 2. The number of aliphatic carboxylic acids is 1. The number of halogens is 1. The van der Waals surface area contributed by atoms with Gasteiger partial charge in [-0.2, -0.15) is 0 Å². The molecular formula is C27H26FN3O4. The Bertz CT molecular complexity index is 1270. The molecule has 1 aliphatic rings. The van der Waals surface area contributed by atoms with Crippen molar-refractivity contribution in [2.45, 2.75) is 6.42 Å². The number of hydrogen-bond donors (Lipinski definition) is 3. The van der Waals surface area contributed by atoms with Gasteiger partial charge in [0.15, 0.2) is 0 Å². The molecule has 0 saturated heterocycles. The second-order valence-corrected chi connectivity index (χ2v) is 8.46. The van der Waals surface area contributed by atoms with E-state index in [2.05, 4.69) is 10.6 Å². The van der Waals surface area contributed by atoms with E-state index in [0.717, 1.165) is 18.0 Å². The summed E-state index contributed by atoms with van der Waals surface area (Å²) in [6, 6.07) is 18.5. The van der Waals surface area contributed by atoms with E-state index in [9.17, 15) is 14.0 Å². The van der Waals surface area contributed by atoms with Crippen LogP contribution in [-0.4, -0.2) is 49.1 Å². The molecule has 8 heteroatoms. The number of hydrogen-bond acceptors (Lipinski definition) is 5. The summed E-state index contributed by atoms with van der Waals surface area (Å²) in [5.74, 6) is -0.994. The summed E-state index contributed by atoms with van der Waals surface area (Å²) in [6.45, 7) is 1.36. The first-order valence-electron chi connectivity index (χ1n) is 11.1. The van der Waals surface area contributed by atoms with Crippen molar-refractivity contribution in [3.05, 3.63) is 89.2 Å². The fourth-order valence-electron chi connectivity index (χ4n) is 3.76. The maximum atomic E-state index is 13.8. The fraction of sp³-hybridized carbons (Fsp3) is 0.185. The highest BCUT2D eigenvalue weighted by molar-refractivity contribution is 6.37. The van der Waals surface area contributed by atoms with Crippen LogP contribution in [0.1, 0.15) is 16.7 Å². The molecule has 4 rings (SSSR count). The Hall–Kier alpha value is -4.17. The highest BCUT2D eigenvalue weighted by Gasteiger charge is 2.28. The molecule has 7 nitrogen and oxygen atoms in total. The molecule has 0 aliphatic carbocycles. The van der Waals surface area contributed by atoms with Crippen LogP contribution in [0.2, 0.25) is 0 Å². The molecule has 3 aromatic carbocycles. The monoisotopic (exact) mass is 475 g/mol. The largest absolute Gasteiger partial charge is 0.492 e. The molecule has 0 spiro atoms. The van der Waals surface area contributed by atoms with Crippen molar-refractivity contribution in [3.8, 4) is 5.75 Å². The molecule has 0 atom stereocenters. The number of anilines is 2. The number of likely N-dealkylation sites (N-methyl/N-ethyl adjacent to an activating group) is 1. The van der Waals surface area contributed by atoms with Crippen LogP contribution in [-0.2, 0) is 16.0 Å². The standard InChI is InChI=1S/C27H26FN3O4/c1-31(2)13-14-35-21-10-8-20(9-11-21)29-26(18-5-3-17(4-6-18)15-24(32)33)25-22-12-7-19(28)16-23(22)30-27(25)34/h3-12,16,29H,13-15H2,1-2H3,(H,30,34)(H,32,33)/b26-25-. The summed E-state index contributed by atoms with van der Waals surface area (Å²) in [7, 11) is 3.95. The Kier molecular flexibility index (Phi) is 7.12. The molecule has 35 heavy (non-hydrogen) atoms. The second kappa shape index (κ2) is 10.4. The van der Waals surface area contributed by atoms with Gasteiger partial charge in [-0.05, 0) is 67.7 Å². The molecule has 0 unspecified atom stereocenters. The first kappa shape index (κ1) is 24.0. The Balaban J connectivity index is 1.69. The Morgan fingerprint density at radius 1 is 1.06 bits per heavy atom. The van der Waals surface area contributed by atoms with Crippen molar-refractivity contribution < 1.29 is 23.8 Å². The lowest BCUT2D eigenvalue weighted by molar-refractivity contribution is -0.136. The molecule has 1 heterocycles. The average molecular weight is 476 g/mol. The number of fused-ring (bicyclic) bond motifs is 1. The summed E-state index contributed by atoms with van der Waals surface area (Å²) in [5.41, 5.74) is 3.93. The van der Waals surface area contributed by atoms with E-state index < -0.39 is 11.8 Å². The third-order valence-corrected chi connectivity index (χ3v) is 5.51. The van der Waals surface area contributed by atoms with Crippen LogP contribution in [0.5, 0.6) is 5.75 Å². The van der Waals surface area contributed by atoms with Crippen molar-refractivity contribution >= 4 is 34.5 Å². The number of nitrogens with zero attached hydrogens (tertiary/aromatic N) is 1. The zero-order valence-corrected chi connectivity index (χ0v) is 19.5. The minimum absolute atomic E-state index is 0.0997. The fourth-order valence-corrected chi connectivity index (χ4v) is 3.76. The average Bonchev–Trinajstić information content (AvgIpc) is 3.13. The third kappa shape index (κ3) is 5.85. The molecule has 3 N–H and O–H groups in total. The minimum atomic E-state index is -0.923. The summed E-state index contributed by atoms with van der Waals surface area (Å²) in [4.78, 5) is 26.0. The molecule has 3 aromatic rings. The van der Waals surface area contributed by atoms with Crippen molar-refractivity contribution in [3.63, 3.8) is 0 Å². The molecular weight excluding hydrogens is 449 g/mol. The number of rotatable bonds is 9. The smallest absolute Gasteiger partial charge is 0.307 e. The van der Waals surface area contributed by atoms with Gasteiger partial charge in [-0.3, -0.25) is 9.59 Å². The maximum Gasteiger partial charge on any atom is 0.307 e. The van der Waals surface area contributed by atoms with Crippen molar-refractivity contribution in [2.75, 3.05) is 37.9 Å². The van der Waals surface area contributed by atoms with Crippen LogP contribution in [0.3, 0.4) is 0 Å². The van der Waals surface area contributed by atoms with Crippen LogP contribution in [0.25, 0.3) is 11.3 Å². The van der Waals surface area contributed by atoms with Crippen molar-refractivity contribution in [1.29, 1.82) is 0 Å². The van der Waals surface area contributed by atoms with E-state index >= 15 is 0 Å². The van der Waals surface area contributed by atoms with Gasteiger partial charge in [0.1, 0.15) is 18.2 Å². The van der Waals surface area contributed by atoms with Crippen LogP contribution in [0.4, 0.5) is 15.8 Å². The van der Waals surface area contributed by atoms with Crippen LogP contribution >= 0.6 is 0 Å². The number of ether oxygens (including phenoxy) is 1. The third-order valence-electron chi connectivity index (χ3n) is 5.51. The van der Waals surface area contributed by atoms with E-state index in [0.29, 0.717) is 40.3 Å². The van der Waals surface area contributed by atoms with Crippen LogP contribution in [0.15, 0.2) is 66.7 Å². The summed E-state index contributed by atoms with van der Waals surface area (Å²) in [6.07, 6.45) is -0.0997. The first-order chi connectivity index (χ1) is 16.8. The van der Waals surface area contributed by atoms with Crippen LogP contribution < -0.4 is 15.4 Å². The lowest BCUT2D eigenvalue weighted by Crippen LogP contribution is -2.19. The molecule has 0 fully saturated rings. The van der Waals surface area contributed by atoms with Gasteiger partial charge in [0.2, 0.25) is 0 Å². The van der Waals surface area contributed by atoms with Gasteiger partial charge in [0.05, 0.1) is 23.4 Å². The Morgan fingerprint density at radius 2 is 1.77 bits per heavy atom. The quantitative estimate of drug-likeness (QED) is 0.399. The van der Waals surface area contributed by atoms with Gasteiger partial charge < -0.3 is 25.4 Å². The lowest BCUT2D eigenvalue weighted by atomic mass is 9.98. The van der Waals surface area contributed by atoms with Gasteiger partial charge >= 0.3 is 5.97 Å². The maximum absolute atomic E-state index is 13.8. The first-order valence-corrected chi connectivity index (χ1v) is 11.1. The van der Waals surface area contributed by atoms with E-state index in [-0.39, 0.29) is 12.3 Å². The number of nitrogens with one attached hydrogen (secondary N) is 2. The number of amides is 1. The van der Waals surface area contributed by atoms with Gasteiger partial charge in [0, 0.05) is 17.8 Å². The highest BCUT2D eigenvalue weighted by Crippen LogP contribution is 2.38. The predicted molar refractivity (Wildman–Crippen MR) is 134 cm³/mol. The topological polar surface area (TPSA) is 90.9 Å². The summed E-state index contributed by atoms with van der Waals surface area (Å²) in [5, 5.41) is 15.1. The van der Waals surface area contributed by atoms with Crippen molar-refractivity contribution in [1.82, 2.24) is 4.90 Å². The second-order valence-electron chi connectivity index (χ2n) is 8.46. The van der Waals surface area contributed by atoms with Crippen molar-refractivity contribution in [2.24, 2.45) is 0 Å². The number of benzene rings is 3. The molecule has 1 amide bonds. The van der Waals surface area contributed by atoms with Gasteiger partial charge in [-0.25, -0.2) is 4.39 Å². The van der Waals surface area contributed by atoms with Crippen LogP contribution in [0, 0.1) is 5.82 Å². The molecule has 0 bridgehead atoms. The number of carbonyl (C=O) groups excluding carboxylic acids is 1. The predicted octanol–water partition coefficient (Wildman–Crippen LogP) is 4.33. The molecule has 1 aliphatic heterocycles. The Morgan fingerprint density at radius 3 is 2.43 bits per heavy atom. The normalized spacial score (nSPS) is 13.9. The summed E-state index contributed by atoms with van der Waals surface area (Å²) < 4.78 is 19.5. The zero-order valence-electron chi connectivity index (χ0n) is 19.5. The molecule has 0 saturated carbocycles. The summed E-state index contributed by atoms with van der Waals surface area (Å²) >= 11 is 0. The van der Waals surface area contributed by atoms with E-state index in [4.69, 9.17) is 9.84 Å². The van der Waals surface area contributed by atoms with Gasteiger partial charge in [-0.1, -0.05) is 24.3 Å². The number of carboxylic acid groups (broad SMARTS) is 1. The van der Waals surface area contributed by atoms with E-state index in [1.54, 1.807) is 30.3 Å². The molecule has 0 radical (unpaired) electrons. The highest BCUT2D eigenvalue weighted by atomic mass is 19.1. The minimum Gasteiger partial charge on any atom is -0.492 e. The lowest BCUT2D eigenvalue weighted by Gasteiger charge is -2.16. The SMILES string of the molecule is CN(C)CCOc1ccc(N/C(=C2\C(=O)Nc3cc(F)ccc32)c2ccc(CC(=O)O)cc2)cc1. The van der Waals surface area contributed by atoms with Gasteiger partial charge in [0.25, 0.3) is 5.91 Å². The molecule has 0 aromatic heterocycles. The Labute approximate surface area is 202 Å². The number of carboxylic acids is 1. The zero-order chi connectivity index (χ0) is 24.9. The van der Waals surface area contributed by atoms with E-state index in [1.807, 2.05) is 43.3 Å². The van der Waals surface area contributed by atoms with Gasteiger partial charge in [-0.15, -0.1) is 0 Å². The molecule has 180 valence electrons. The van der Waals surface area contributed by atoms with E-state index in [1.165, 1.54) is 12.1 Å².